The second-order valence-corrected chi connectivity index (χ2v) is 7.23. The van der Waals surface area contributed by atoms with Crippen LogP contribution in [0.25, 0.3) is 5.69 Å². The minimum Gasteiger partial charge on any atom is -0.396 e. The van der Waals surface area contributed by atoms with Crippen LogP contribution in [0.15, 0.2) is 29.2 Å². The zero-order valence-electron chi connectivity index (χ0n) is 12.7. The number of aliphatic hydroxyl groups excluding tert-OH is 1. The van der Waals surface area contributed by atoms with Crippen molar-refractivity contribution in [3.63, 3.8) is 0 Å². The second kappa shape index (κ2) is 6.92. The lowest BCUT2D eigenvalue weighted by Crippen LogP contribution is -2.24. The third kappa shape index (κ3) is 3.54. The summed E-state index contributed by atoms with van der Waals surface area (Å²) in [5, 5.41) is 17.3. The van der Waals surface area contributed by atoms with Crippen LogP contribution in [0.4, 0.5) is 5.69 Å². The molecule has 0 aliphatic heterocycles. The molecule has 2 N–H and O–H groups in total. The van der Waals surface area contributed by atoms with Gasteiger partial charge in [0.1, 0.15) is 5.02 Å². The minimum absolute atomic E-state index is 0.0517. The van der Waals surface area contributed by atoms with Crippen LogP contribution in [0, 0.1) is 5.41 Å². The smallest absolute Gasteiger partial charge is 0.292 e. The quantitative estimate of drug-likeness (QED) is 0.790. The molecule has 0 amide bonds. The normalized spacial score (nSPS) is 15.3. The van der Waals surface area contributed by atoms with Crippen LogP contribution in [0.1, 0.15) is 19.3 Å². The topological polar surface area (TPSA) is 67.2 Å². The van der Waals surface area contributed by atoms with Crippen LogP contribution in [-0.4, -0.2) is 28.0 Å². The number of hydrogen-bond donors (Lipinski definition) is 2. The van der Waals surface area contributed by atoms with Crippen molar-refractivity contribution in [2.24, 2.45) is 5.41 Å². The fraction of sp³-hybridized carbons (Fsp3) is 0.375. The average molecular weight is 389 g/mol. The zero-order valence-corrected chi connectivity index (χ0v) is 15.0. The van der Waals surface area contributed by atoms with E-state index in [1.807, 2.05) is 0 Å². The van der Waals surface area contributed by atoms with Crippen molar-refractivity contribution >= 4 is 40.5 Å². The van der Waals surface area contributed by atoms with E-state index in [0.717, 1.165) is 23.9 Å². The van der Waals surface area contributed by atoms with Crippen LogP contribution < -0.4 is 10.9 Å². The molecule has 1 heterocycles. The Kier molecular flexibility index (Phi) is 5.06. The molecule has 0 atom stereocenters. The van der Waals surface area contributed by atoms with Gasteiger partial charge in [-0.05, 0) is 42.9 Å². The Hall–Kier alpha value is -1.27. The first-order valence-electron chi connectivity index (χ1n) is 7.54. The van der Waals surface area contributed by atoms with Crippen molar-refractivity contribution < 1.29 is 5.11 Å². The number of nitrogens with one attached hydrogen (secondary N) is 1. The Balaban J connectivity index is 1.85. The average Bonchev–Trinajstić information content (AvgIpc) is 3.30. The van der Waals surface area contributed by atoms with Gasteiger partial charge in [-0.2, -0.15) is 9.78 Å². The summed E-state index contributed by atoms with van der Waals surface area (Å²) in [6, 6.07) is 4.78. The summed E-state index contributed by atoms with van der Waals surface area (Å²) in [4.78, 5) is 12.5. The van der Waals surface area contributed by atoms with Gasteiger partial charge in [0.25, 0.3) is 5.56 Å². The molecule has 1 saturated carbocycles. The van der Waals surface area contributed by atoms with Gasteiger partial charge in [0.05, 0.1) is 22.6 Å². The van der Waals surface area contributed by atoms with Gasteiger partial charge >= 0.3 is 0 Å². The van der Waals surface area contributed by atoms with Crippen molar-refractivity contribution in [2.45, 2.75) is 19.3 Å². The maximum Gasteiger partial charge on any atom is 0.292 e. The van der Waals surface area contributed by atoms with E-state index in [1.165, 1.54) is 6.20 Å². The van der Waals surface area contributed by atoms with Crippen molar-refractivity contribution in [1.82, 2.24) is 9.78 Å². The van der Waals surface area contributed by atoms with E-state index in [-0.39, 0.29) is 17.0 Å². The standard InChI is InChI=1S/C16H16Cl3N3O2/c17-10-1-2-13(11(18)7-10)22-15(24)14(19)12(8-21-22)20-9-16(3-4-16)5-6-23/h1-2,7-8,20,23H,3-6,9H2. The van der Waals surface area contributed by atoms with E-state index in [9.17, 15) is 4.79 Å². The van der Waals surface area contributed by atoms with Gasteiger partial charge in [0, 0.05) is 18.2 Å². The number of benzene rings is 1. The van der Waals surface area contributed by atoms with E-state index in [4.69, 9.17) is 39.9 Å². The maximum absolute atomic E-state index is 12.5. The molecule has 0 spiro atoms. The molecule has 0 radical (unpaired) electrons. The van der Waals surface area contributed by atoms with Crippen LogP contribution in [0.5, 0.6) is 0 Å². The van der Waals surface area contributed by atoms with E-state index < -0.39 is 5.56 Å². The molecular formula is C16H16Cl3N3O2. The molecule has 1 aromatic heterocycles. The molecule has 0 bridgehead atoms. The van der Waals surface area contributed by atoms with Crippen molar-refractivity contribution in [1.29, 1.82) is 0 Å². The minimum atomic E-state index is -0.460. The lowest BCUT2D eigenvalue weighted by molar-refractivity contribution is 0.253. The van der Waals surface area contributed by atoms with Gasteiger partial charge in [-0.1, -0.05) is 34.8 Å². The molecule has 1 fully saturated rings. The van der Waals surface area contributed by atoms with Crippen LogP contribution in [0.3, 0.4) is 0 Å². The molecule has 24 heavy (non-hydrogen) atoms. The van der Waals surface area contributed by atoms with E-state index in [0.29, 0.717) is 28.0 Å². The van der Waals surface area contributed by atoms with Crippen molar-refractivity contribution in [3.05, 3.63) is 49.8 Å². The number of hydrogen-bond acceptors (Lipinski definition) is 4. The number of halogens is 3. The summed E-state index contributed by atoms with van der Waals surface area (Å²) in [5.41, 5.74) is 0.537. The predicted molar refractivity (Wildman–Crippen MR) is 96.7 cm³/mol. The third-order valence-corrected chi connectivity index (χ3v) is 5.21. The van der Waals surface area contributed by atoms with Crippen LogP contribution >= 0.6 is 34.8 Å². The second-order valence-electron chi connectivity index (χ2n) is 6.01. The van der Waals surface area contributed by atoms with Crippen molar-refractivity contribution in [3.8, 4) is 5.69 Å². The highest BCUT2D eigenvalue weighted by atomic mass is 35.5. The predicted octanol–water partition coefficient (Wildman–Crippen LogP) is 3.77. The lowest BCUT2D eigenvalue weighted by atomic mass is 10.0. The zero-order chi connectivity index (χ0) is 17.3. The van der Waals surface area contributed by atoms with Gasteiger partial charge in [-0.3, -0.25) is 4.79 Å². The summed E-state index contributed by atoms with van der Waals surface area (Å²) >= 11 is 18.2. The summed E-state index contributed by atoms with van der Waals surface area (Å²) < 4.78 is 1.15. The Bertz CT molecular complexity index is 819. The number of anilines is 1. The Morgan fingerprint density at radius 2 is 2.04 bits per heavy atom. The van der Waals surface area contributed by atoms with E-state index in [2.05, 4.69) is 10.4 Å². The molecular weight excluding hydrogens is 373 g/mol. The molecule has 2 aromatic rings. The molecule has 5 nitrogen and oxygen atoms in total. The molecule has 1 aromatic carbocycles. The summed E-state index contributed by atoms with van der Waals surface area (Å²) in [6.07, 6.45) is 4.36. The van der Waals surface area contributed by atoms with Gasteiger partial charge in [0.15, 0.2) is 0 Å². The SMILES string of the molecule is O=c1c(Cl)c(NCC2(CCO)CC2)cnn1-c1ccc(Cl)cc1Cl. The lowest BCUT2D eigenvalue weighted by Gasteiger charge is -2.16. The number of aromatic nitrogens is 2. The largest absolute Gasteiger partial charge is 0.396 e. The molecule has 1 aliphatic rings. The first-order chi connectivity index (χ1) is 11.5. The number of aliphatic hydroxyl groups is 1. The highest BCUT2D eigenvalue weighted by Gasteiger charge is 2.41. The fourth-order valence-corrected chi connectivity index (χ4v) is 3.28. The molecule has 3 rings (SSSR count). The molecule has 8 heteroatoms. The highest BCUT2D eigenvalue weighted by Crippen LogP contribution is 2.48. The van der Waals surface area contributed by atoms with Gasteiger partial charge in [0.2, 0.25) is 0 Å². The fourth-order valence-electron chi connectivity index (χ4n) is 2.59. The first kappa shape index (κ1) is 17.5. The van der Waals surface area contributed by atoms with E-state index in [1.54, 1.807) is 18.2 Å². The van der Waals surface area contributed by atoms with Gasteiger partial charge in [-0.15, -0.1) is 0 Å². The monoisotopic (exact) mass is 387 g/mol. The van der Waals surface area contributed by atoms with Gasteiger partial charge in [-0.25, -0.2) is 0 Å². The Morgan fingerprint density at radius 3 is 2.67 bits per heavy atom. The molecule has 128 valence electrons. The third-order valence-electron chi connectivity index (χ3n) is 4.31. The maximum atomic E-state index is 12.5. The van der Waals surface area contributed by atoms with Gasteiger partial charge < -0.3 is 10.4 Å². The molecule has 1 aliphatic carbocycles. The van der Waals surface area contributed by atoms with Crippen LogP contribution in [0.2, 0.25) is 15.1 Å². The number of nitrogens with zero attached hydrogens (tertiary/aromatic N) is 2. The summed E-state index contributed by atoms with van der Waals surface area (Å²) in [5.74, 6) is 0. The number of rotatable bonds is 6. The Morgan fingerprint density at radius 1 is 1.29 bits per heavy atom. The van der Waals surface area contributed by atoms with Crippen molar-refractivity contribution in [2.75, 3.05) is 18.5 Å². The first-order valence-corrected chi connectivity index (χ1v) is 8.67. The Labute approximate surface area is 154 Å². The van der Waals surface area contributed by atoms with Crippen LogP contribution in [-0.2, 0) is 0 Å². The van der Waals surface area contributed by atoms with E-state index >= 15 is 0 Å². The highest BCUT2D eigenvalue weighted by molar-refractivity contribution is 6.36. The molecule has 0 saturated heterocycles. The molecule has 0 unspecified atom stereocenters. The summed E-state index contributed by atoms with van der Waals surface area (Å²) in [7, 11) is 0. The summed E-state index contributed by atoms with van der Waals surface area (Å²) in [6.45, 7) is 0.810.